The molecular formula is C12H16O2. The first-order valence-electron chi connectivity index (χ1n) is 4.82. The number of hydrogen-bond acceptors (Lipinski definition) is 1. The summed E-state index contributed by atoms with van der Waals surface area (Å²) >= 11 is 0. The van der Waals surface area contributed by atoms with Crippen LogP contribution in [-0.2, 0) is 6.42 Å². The van der Waals surface area contributed by atoms with E-state index in [1.165, 1.54) is 11.1 Å². The fourth-order valence-corrected chi connectivity index (χ4v) is 1.87. The normalized spacial score (nSPS) is 10.3. The lowest BCUT2D eigenvalue weighted by molar-refractivity contribution is 0.0696. The van der Waals surface area contributed by atoms with Crippen LogP contribution in [0.25, 0.3) is 0 Å². The highest BCUT2D eigenvalue weighted by atomic mass is 16.4. The maximum absolute atomic E-state index is 11.0. The Labute approximate surface area is 84.6 Å². The first-order chi connectivity index (χ1) is 6.49. The molecule has 0 aliphatic heterocycles. The van der Waals surface area contributed by atoms with Crippen molar-refractivity contribution in [2.24, 2.45) is 0 Å². The van der Waals surface area contributed by atoms with Gasteiger partial charge in [-0.05, 0) is 55.5 Å². The van der Waals surface area contributed by atoms with Crippen LogP contribution in [0.15, 0.2) is 6.07 Å². The van der Waals surface area contributed by atoms with Crippen LogP contribution in [0.5, 0.6) is 0 Å². The van der Waals surface area contributed by atoms with E-state index in [0.717, 1.165) is 17.5 Å². The van der Waals surface area contributed by atoms with Crippen LogP contribution in [0.4, 0.5) is 0 Å². The maximum atomic E-state index is 11.0. The van der Waals surface area contributed by atoms with Gasteiger partial charge in [0.2, 0.25) is 0 Å². The highest BCUT2D eigenvalue weighted by molar-refractivity contribution is 5.90. The SMILES string of the molecule is CCc1c(C)c(C)cc(C(=O)O)c1C. The first-order valence-corrected chi connectivity index (χ1v) is 4.82. The van der Waals surface area contributed by atoms with Crippen LogP contribution in [0, 0.1) is 20.8 Å². The van der Waals surface area contributed by atoms with E-state index in [4.69, 9.17) is 5.11 Å². The Morgan fingerprint density at radius 1 is 1.29 bits per heavy atom. The highest BCUT2D eigenvalue weighted by Gasteiger charge is 2.13. The molecule has 1 rings (SSSR count). The summed E-state index contributed by atoms with van der Waals surface area (Å²) in [4.78, 5) is 11.0. The smallest absolute Gasteiger partial charge is 0.335 e. The van der Waals surface area contributed by atoms with Gasteiger partial charge >= 0.3 is 5.97 Å². The van der Waals surface area contributed by atoms with E-state index in [2.05, 4.69) is 6.92 Å². The second kappa shape index (κ2) is 3.82. The van der Waals surface area contributed by atoms with Crippen LogP contribution in [-0.4, -0.2) is 11.1 Å². The molecule has 76 valence electrons. The summed E-state index contributed by atoms with van der Waals surface area (Å²) < 4.78 is 0. The van der Waals surface area contributed by atoms with Crippen molar-refractivity contribution < 1.29 is 9.90 Å². The zero-order valence-electron chi connectivity index (χ0n) is 9.14. The van der Waals surface area contributed by atoms with Gasteiger partial charge in [0.15, 0.2) is 0 Å². The third-order valence-corrected chi connectivity index (χ3v) is 2.85. The lowest BCUT2D eigenvalue weighted by atomic mass is 9.92. The lowest BCUT2D eigenvalue weighted by Crippen LogP contribution is -2.05. The number of carboxylic acid groups (broad SMARTS) is 1. The van der Waals surface area contributed by atoms with Crippen LogP contribution < -0.4 is 0 Å². The summed E-state index contributed by atoms with van der Waals surface area (Å²) in [6.45, 7) is 7.95. The summed E-state index contributed by atoms with van der Waals surface area (Å²) in [6.07, 6.45) is 0.889. The number of hydrogen-bond donors (Lipinski definition) is 1. The Hall–Kier alpha value is -1.31. The van der Waals surface area contributed by atoms with E-state index in [9.17, 15) is 4.79 Å². The standard InChI is InChI=1S/C12H16O2/c1-5-10-8(3)7(2)6-11(9(10)4)12(13)14/h6H,5H2,1-4H3,(H,13,14). The minimum atomic E-state index is -0.833. The number of aryl methyl sites for hydroxylation is 1. The monoisotopic (exact) mass is 192 g/mol. The Bertz CT molecular complexity index is 378. The summed E-state index contributed by atoms with van der Waals surface area (Å²) in [5.41, 5.74) is 4.79. The first kappa shape index (κ1) is 10.8. The van der Waals surface area contributed by atoms with Gasteiger partial charge in [-0.15, -0.1) is 0 Å². The molecule has 2 heteroatoms. The predicted octanol–water partition coefficient (Wildman–Crippen LogP) is 2.87. The van der Waals surface area contributed by atoms with Crippen molar-refractivity contribution >= 4 is 5.97 Å². The van der Waals surface area contributed by atoms with Crippen LogP contribution >= 0.6 is 0 Å². The van der Waals surface area contributed by atoms with E-state index < -0.39 is 5.97 Å². The fourth-order valence-electron chi connectivity index (χ4n) is 1.87. The van der Waals surface area contributed by atoms with Gasteiger partial charge in [0.05, 0.1) is 5.56 Å². The summed E-state index contributed by atoms with van der Waals surface area (Å²) in [5.74, 6) is -0.833. The Morgan fingerprint density at radius 3 is 2.29 bits per heavy atom. The van der Waals surface area contributed by atoms with Gasteiger partial charge in [0.25, 0.3) is 0 Å². The van der Waals surface area contributed by atoms with Crippen LogP contribution in [0.3, 0.4) is 0 Å². The van der Waals surface area contributed by atoms with Crippen molar-refractivity contribution in [1.82, 2.24) is 0 Å². The highest BCUT2D eigenvalue weighted by Crippen LogP contribution is 2.22. The molecule has 0 bridgehead atoms. The number of benzene rings is 1. The molecule has 1 aromatic carbocycles. The minimum Gasteiger partial charge on any atom is -0.478 e. The molecule has 0 radical (unpaired) electrons. The Kier molecular flexibility index (Phi) is 2.94. The summed E-state index contributed by atoms with van der Waals surface area (Å²) in [5, 5.41) is 9.00. The molecule has 1 aromatic rings. The largest absolute Gasteiger partial charge is 0.478 e. The van der Waals surface area contributed by atoms with E-state index in [0.29, 0.717) is 5.56 Å². The molecule has 14 heavy (non-hydrogen) atoms. The molecule has 0 fully saturated rings. The molecule has 2 nitrogen and oxygen atoms in total. The van der Waals surface area contributed by atoms with Gasteiger partial charge in [0.1, 0.15) is 0 Å². The zero-order valence-corrected chi connectivity index (χ0v) is 9.14. The number of carbonyl (C=O) groups is 1. The molecule has 0 aliphatic rings. The van der Waals surface area contributed by atoms with Crippen molar-refractivity contribution in [2.45, 2.75) is 34.1 Å². The molecule has 0 amide bonds. The van der Waals surface area contributed by atoms with Gasteiger partial charge in [0, 0.05) is 0 Å². The molecule has 0 saturated carbocycles. The third-order valence-electron chi connectivity index (χ3n) is 2.85. The second-order valence-electron chi connectivity index (χ2n) is 3.63. The molecule has 0 atom stereocenters. The third kappa shape index (κ3) is 1.65. The van der Waals surface area contributed by atoms with E-state index in [-0.39, 0.29) is 0 Å². The van der Waals surface area contributed by atoms with Crippen molar-refractivity contribution in [2.75, 3.05) is 0 Å². The quantitative estimate of drug-likeness (QED) is 0.782. The summed E-state index contributed by atoms with van der Waals surface area (Å²) in [6, 6.07) is 1.76. The average molecular weight is 192 g/mol. The van der Waals surface area contributed by atoms with Gasteiger partial charge in [-0.2, -0.15) is 0 Å². The molecule has 0 spiro atoms. The van der Waals surface area contributed by atoms with E-state index in [1.807, 2.05) is 20.8 Å². The van der Waals surface area contributed by atoms with Gasteiger partial charge < -0.3 is 5.11 Å². The number of carboxylic acids is 1. The molecular weight excluding hydrogens is 176 g/mol. The predicted molar refractivity (Wildman–Crippen MR) is 57.0 cm³/mol. The van der Waals surface area contributed by atoms with Crippen molar-refractivity contribution in [1.29, 1.82) is 0 Å². The van der Waals surface area contributed by atoms with Crippen LogP contribution in [0.1, 0.15) is 39.5 Å². The van der Waals surface area contributed by atoms with Gasteiger partial charge in [-0.1, -0.05) is 6.92 Å². The summed E-state index contributed by atoms with van der Waals surface area (Å²) in [7, 11) is 0. The van der Waals surface area contributed by atoms with Crippen LogP contribution in [0.2, 0.25) is 0 Å². The van der Waals surface area contributed by atoms with Gasteiger partial charge in [-0.3, -0.25) is 0 Å². The second-order valence-corrected chi connectivity index (χ2v) is 3.63. The van der Waals surface area contributed by atoms with Crippen molar-refractivity contribution in [3.05, 3.63) is 33.9 Å². The molecule has 0 aliphatic carbocycles. The number of aromatic carboxylic acids is 1. The topological polar surface area (TPSA) is 37.3 Å². The van der Waals surface area contributed by atoms with E-state index >= 15 is 0 Å². The molecule has 0 unspecified atom stereocenters. The number of rotatable bonds is 2. The average Bonchev–Trinajstić information content (AvgIpc) is 2.12. The zero-order chi connectivity index (χ0) is 10.9. The van der Waals surface area contributed by atoms with Crippen molar-refractivity contribution in [3.63, 3.8) is 0 Å². The minimum absolute atomic E-state index is 0.435. The van der Waals surface area contributed by atoms with Gasteiger partial charge in [-0.25, -0.2) is 4.79 Å². The lowest BCUT2D eigenvalue weighted by Gasteiger charge is -2.13. The maximum Gasteiger partial charge on any atom is 0.335 e. The molecule has 0 heterocycles. The Balaban J connectivity index is 3.50. The Morgan fingerprint density at radius 2 is 1.86 bits per heavy atom. The molecule has 1 N–H and O–H groups in total. The van der Waals surface area contributed by atoms with Crippen molar-refractivity contribution in [3.8, 4) is 0 Å². The van der Waals surface area contributed by atoms with E-state index in [1.54, 1.807) is 6.07 Å². The fraction of sp³-hybridized carbons (Fsp3) is 0.417. The molecule has 0 aromatic heterocycles. The molecule has 0 saturated heterocycles.